The van der Waals surface area contributed by atoms with Crippen LogP contribution in [0.5, 0.6) is 0 Å². The Bertz CT molecular complexity index is 1510. The molecule has 0 saturated heterocycles. The zero-order valence-electron chi connectivity index (χ0n) is 15.4. The van der Waals surface area contributed by atoms with Gasteiger partial charge in [-0.15, -0.1) is 0 Å². The molecular weight excluding hydrogens is 420 g/mol. The Morgan fingerprint density at radius 3 is 1.79 bits per heavy atom. The summed E-state index contributed by atoms with van der Waals surface area (Å²) >= 11 is 3.86. The van der Waals surface area contributed by atoms with Gasteiger partial charge in [0.2, 0.25) is 0 Å². The number of fused-ring (bicyclic) bond motifs is 5. The van der Waals surface area contributed by atoms with Gasteiger partial charge >= 0.3 is 0 Å². The Hall–Kier alpha value is -3.30. The fourth-order valence-corrected chi connectivity index (χ4v) is 5.04. The highest BCUT2D eigenvalue weighted by Crippen LogP contribution is 2.44. The van der Waals surface area contributed by atoms with Crippen molar-refractivity contribution in [1.29, 1.82) is 0 Å². The standard InChI is InChI=1S/C26H15BrN2/c27-24-19-10-3-1-8-17(19)23(18-9-2-4-11-20(18)24)22-15-16-7-5-13-28-25(16)26-21(22)12-6-14-29-26/h1-15H. The molecule has 0 radical (unpaired) electrons. The molecule has 0 aliphatic rings. The lowest BCUT2D eigenvalue weighted by molar-refractivity contribution is 1.37. The van der Waals surface area contributed by atoms with Crippen molar-refractivity contribution in [3.63, 3.8) is 0 Å². The van der Waals surface area contributed by atoms with Crippen molar-refractivity contribution in [2.24, 2.45) is 0 Å². The first-order valence-corrected chi connectivity index (χ1v) is 10.3. The largest absolute Gasteiger partial charge is 0.254 e. The highest BCUT2D eigenvalue weighted by Gasteiger charge is 2.17. The monoisotopic (exact) mass is 434 g/mol. The van der Waals surface area contributed by atoms with Gasteiger partial charge in [0.1, 0.15) is 0 Å². The minimum absolute atomic E-state index is 0.941. The molecule has 29 heavy (non-hydrogen) atoms. The summed E-state index contributed by atoms with van der Waals surface area (Å²) in [6, 6.07) is 27.7. The van der Waals surface area contributed by atoms with E-state index in [1.54, 1.807) is 0 Å². The molecule has 2 nitrogen and oxygen atoms in total. The molecule has 3 heteroatoms. The van der Waals surface area contributed by atoms with Gasteiger partial charge in [0.05, 0.1) is 11.0 Å². The van der Waals surface area contributed by atoms with Gasteiger partial charge in [-0.05, 0) is 66.8 Å². The molecule has 0 saturated carbocycles. The minimum Gasteiger partial charge on any atom is -0.254 e. The maximum absolute atomic E-state index is 4.70. The number of aromatic nitrogens is 2. The van der Waals surface area contributed by atoms with Crippen LogP contribution in [0.4, 0.5) is 0 Å². The minimum atomic E-state index is 0.941. The number of hydrogen-bond acceptors (Lipinski definition) is 2. The fraction of sp³-hybridized carbons (Fsp3) is 0. The van der Waals surface area contributed by atoms with Crippen molar-refractivity contribution >= 4 is 59.3 Å². The van der Waals surface area contributed by atoms with E-state index in [9.17, 15) is 0 Å². The average Bonchev–Trinajstić information content (AvgIpc) is 2.79. The summed E-state index contributed by atoms with van der Waals surface area (Å²) in [6.07, 6.45) is 3.68. The predicted molar refractivity (Wildman–Crippen MR) is 125 cm³/mol. The first-order chi connectivity index (χ1) is 14.3. The lowest BCUT2D eigenvalue weighted by atomic mass is 9.89. The molecule has 2 heterocycles. The van der Waals surface area contributed by atoms with E-state index in [0.29, 0.717) is 0 Å². The van der Waals surface area contributed by atoms with Crippen molar-refractivity contribution in [1.82, 2.24) is 9.97 Å². The third-order valence-corrected chi connectivity index (χ3v) is 6.45. The van der Waals surface area contributed by atoms with E-state index in [2.05, 4.69) is 87.6 Å². The maximum atomic E-state index is 4.70. The van der Waals surface area contributed by atoms with Crippen LogP contribution in [0.1, 0.15) is 0 Å². The van der Waals surface area contributed by atoms with Gasteiger partial charge in [0, 0.05) is 27.6 Å². The number of halogens is 1. The molecule has 6 rings (SSSR count). The number of rotatable bonds is 1. The molecule has 0 amide bonds. The van der Waals surface area contributed by atoms with Gasteiger partial charge in [0.25, 0.3) is 0 Å². The van der Waals surface area contributed by atoms with E-state index in [4.69, 9.17) is 4.98 Å². The molecule has 6 aromatic rings. The number of pyridine rings is 2. The van der Waals surface area contributed by atoms with Gasteiger partial charge in [-0.1, -0.05) is 60.7 Å². The number of hydrogen-bond donors (Lipinski definition) is 0. The lowest BCUT2D eigenvalue weighted by Crippen LogP contribution is -1.92. The molecule has 0 unspecified atom stereocenters. The fourth-order valence-electron chi connectivity index (χ4n) is 4.35. The highest BCUT2D eigenvalue weighted by molar-refractivity contribution is 9.10. The third kappa shape index (κ3) is 2.41. The molecule has 2 aromatic heterocycles. The second-order valence-corrected chi connectivity index (χ2v) is 7.97. The van der Waals surface area contributed by atoms with Crippen molar-refractivity contribution in [2.45, 2.75) is 0 Å². The van der Waals surface area contributed by atoms with Gasteiger partial charge in [-0.2, -0.15) is 0 Å². The van der Waals surface area contributed by atoms with Crippen LogP contribution in [0.3, 0.4) is 0 Å². The quantitative estimate of drug-likeness (QED) is 0.197. The molecule has 0 spiro atoms. The van der Waals surface area contributed by atoms with Crippen LogP contribution in [0.2, 0.25) is 0 Å². The van der Waals surface area contributed by atoms with Crippen LogP contribution in [-0.2, 0) is 0 Å². The molecule has 136 valence electrons. The van der Waals surface area contributed by atoms with Gasteiger partial charge in [-0.3, -0.25) is 9.97 Å². The van der Waals surface area contributed by atoms with Crippen LogP contribution in [-0.4, -0.2) is 9.97 Å². The van der Waals surface area contributed by atoms with Crippen LogP contribution in [0.25, 0.3) is 54.5 Å². The van der Waals surface area contributed by atoms with Gasteiger partial charge in [0.15, 0.2) is 0 Å². The Labute approximate surface area is 176 Å². The molecule has 0 N–H and O–H groups in total. The molecule has 0 fully saturated rings. The first kappa shape index (κ1) is 16.6. The topological polar surface area (TPSA) is 25.8 Å². The van der Waals surface area contributed by atoms with E-state index >= 15 is 0 Å². The Morgan fingerprint density at radius 2 is 1.10 bits per heavy atom. The zero-order chi connectivity index (χ0) is 19.4. The molecule has 4 aromatic carbocycles. The van der Waals surface area contributed by atoms with E-state index in [1.165, 1.54) is 32.7 Å². The summed E-state index contributed by atoms with van der Waals surface area (Å²) in [5.74, 6) is 0. The summed E-state index contributed by atoms with van der Waals surface area (Å²) in [5, 5.41) is 7.10. The summed E-state index contributed by atoms with van der Waals surface area (Å²) in [5.41, 5.74) is 4.31. The van der Waals surface area contributed by atoms with Crippen molar-refractivity contribution in [2.75, 3.05) is 0 Å². The zero-order valence-corrected chi connectivity index (χ0v) is 17.0. The van der Waals surface area contributed by atoms with Crippen LogP contribution < -0.4 is 0 Å². The molecule has 0 atom stereocenters. The molecule has 0 aliphatic carbocycles. The van der Waals surface area contributed by atoms with Gasteiger partial charge in [-0.25, -0.2) is 0 Å². The van der Waals surface area contributed by atoms with Crippen molar-refractivity contribution in [3.05, 3.63) is 95.7 Å². The Morgan fingerprint density at radius 1 is 0.552 bits per heavy atom. The lowest BCUT2D eigenvalue weighted by Gasteiger charge is -2.16. The second-order valence-electron chi connectivity index (χ2n) is 7.18. The van der Waals surface area contributed by atoms with Crippen molar-refractivity contribution in [3.8, 4) is 11.1 Å². The molecule has 0 aliphatic heterocycles. The second kappa shape index (κ2) is 6.36. The van der Waals surface area contributed by atoms with Crippen LogP contribution in [0.15, 0.2) is 95.7 Å². The van der Waals surface area contributed by atoms with Crippen molar-refractivity contribution < 1.29 is 0 Å². The summed E-state index contributed by atoms with van der Waals surface area (Å²) < 4.78 is 1.14. The van der Waals surface area contributed by atoms with E-state index in [-0.39, 0.29) is 0 Å². The summed E-state index contributed by atoms with van der Waals surface area (Å²) in [7, 11) is 0. The number of nitrogens with zero attached hydrogens (tertiary/aromatic N) is 2. The van der Waals surface area contributed by atoms with E-state index in [1.807, 2.05) is 24.5 Å². The first-order valence-electron chi connectivity index (χ1n) is 9.55. The molecule has 0 bridgehead atoms. The Balaban J connectivity index is 1.91. The SMILES string of the molecule is Brc1c2ccccc2c(-c2cc3cccnc3c3ncccc23)c2ccccc12. The Kier molecular flexibility index (Phi) is 3.65. The van der Waals surface area contributed by atoms with E-state index < -0.39 is 0 Å². The van der Waals surface area contributed by atoms with Crippen LogP contribution >= 0.6 is 15.9 Å². The summed E-state index contributed by atoms with van der Waals surface area (Å²) in [6.45, 7) is 0. The van der Waals surface area contributed by atoms with Crippen LogP contribution in [0, 0.1) is 0 Å². The molecular formula is C26H15BrN2. The highest BCUT2D eigenvalue weighted by atomic mass is 79.9. The predicted octanol–water partition coefficient (Wildman–Crippen LogP) is 7.52. The maximum Gasteiger partial charge on any atom is 0.0970 e. The summed E-state index contributed by atoms with van der Waals surface area (Å²) in [4.78, 5) is 9.31. The number of benzene rings is 4. The average molecular weight is 435 g/mol. The van der Waals surface area contributed by atoms with Gasteiger partial charge < -0.3 is 0 Å². The smallest absolute Gasteiger partial charge is 0.0970 e. The normalized spacial score (nSPS) is 11.6. The van der Waals surface area contributed by atoms with E-state index in [0.717, 1.165) is 26.3 Å². The third-order valence-electron chi connectivity index (χ3n) is 5.60.